The molecule has 2 rings (SSSR count). The SMILES string of the molecule is CC1CCC1NC(=O)c1cccc(Br)c1. The Kier molecular flexibility index (Phi) is 3.10. The van der Waals surface area contributed by atoms with Crippen LogP contribution in [0.4, 0.5) is 0 Å². The second-order valence-corrected chi connectivity index (χ2v) is 5.06. The summed E-state index contributed by atoms with van der Waals surface area (Å²) in [4.78, 5) is 11.8. The average Bonchev–Trinajstić information content (AvgIpc) is 2.23. The maximum atomic E-state index is 11.8. The third-order valence-corrected chi connectivity index (χ3v) is 3.52. The van der Waals surface area contributed by atoms with Gasteiger partial charge >= 0.3 is 0 Å². The smallest absolute Gasteiger partial charge is 0.251 e. The fourth-order valence-corrected chi connectivity index (χ4v) is 2.16. The molecule has 1 amide bonds. The molecule has 0 radical (unpaired) electrons. The van der Waals surface area contributed by atoms with Gasteiger partial charge in [0.05, 0.1) is 0 Å². The Labute approximate surface area is 98.2 Å². The van der Waals surface area contributed by atoms with E-state index in [9.17, 15) is 4.79 Å². The zero-order valence-corrected chi connectivity index (χ0v) is 10.3. The first-order chi connectivity index (χ1) is 7.16. The molecule has 1 aromatic rings. The maximum absolute atomic E-state index is 11.8. The van der Waals surface area contributed by atoms with Gasteiger partial charge in [-0.25, -0.2) is 0 Å². The van der Waals surface area contributed by atoms with E-state index in [2.05, 4.69) is 28.2 Å². The number of amides is 1. The van der Waals surface area contributed by atoms with Crippen LogP contribution in [0.3, 0.4) is 0 Å². The van der Waals surface area contributed by atoms with Gasteiger partial charge in [0.1, 0.15) is 0 Å². The van der Waals surface area contributed by atoms with Crippen LogP contribution in [0.2, 0.25) is 0 Å². The molecule has 0 heterocycles. The lowest BCUT2D eigenvalue weighted by molar-refractivity contribution is 0.0884. The molecule has 3 heteroatoms. The lowest BCUT2D eigenvalue weighted by Crippen LogP contribution is -2.45. The van der Waals surface area contributed by atoms with Crippen LogP contribution in [-0.4, -0.2) is 11.9 Å². The number of nitrogens with one attached hydrogen (secondary N) is 1. The molecule has 80 valence electrons. The van der Waals surface area contributed by atoms with Crippen molar-refractivity contribution < 1.29 is 4.79 Å². The van der Waals surface area contributed by atoms with Gasteiger partial charge in [-0.05, 0) is 37.0 Å². The molecule has 0 spiro atoms. The topological polar surface area (TPSA) is 29.1 Å². The molecule has 15 heavy (non-hydrogen) atoms. The van der Waals surface area contributed by atoms with Gasteiger partial charge in [0.2, 0.25) is 0 Å². The van der Waals surface area contributed by atoms with Crippen LogP contribution in [-0.2, 0) is 0 Å². The van der Waals surface area contributed by atoms with Crippen LogP contribution >= 0.6 is 15.9 Å². The summed E-state index contributed by atoms with van der Waals surface area (Å²) in [7, 11) is 0. The van der Waals surface area contributed by atoms with Crippen molar-refractivity contribution in [3.63, 3.8) is 0 Å². The number of hydrogen-bond donors (Lipinski definition) is 1. The zero-order valence-electron chi connectivity index (χ0n) is 8.66. The fourth-order valence-electron chi connectivity index (χ4n) is 1.76. The molecule has 1 saturated carbocycles. The van der Waals surface area contributed by atoms with Crippen LogP contribution in [0, 0.1) is 5.92 Å². The number of benzene rings is 1. The molecule has 0 bridgehead atoms. The van der Waals surface area contributed by atoms with Crippen molar-refractivity contribution >= 4 is 21.8 Å². The molecular formula is C12H14BrNO. The summed E-state index contributed by atoms with van der Waals surface area (Å²) in [5, 5.41) is 3.05. The van der Waals surface area contributed by atoms with Gasteiger partial charge in [0.15, 0.2) is 0 Å². The van der Waals surface area contributed by atoms with Crippen molar-refractivity contribution in [2.24, 2.45) is 5.92 Å². The Morgan fingerprint density at radius 2 is 2.27 bits per heavy atom. The van der Waals surface area contributed by atoms with Gasteiger partial charge in [-0.15, -0.1) is 0 Å². The molecule has 1 N–H and O–H groups in total. The van der Waals surface area contributed by atoms with E-state index in [1.165, 1.54) is 6.42 Å². The van der Waals surface area contributed by atoms with Crippen LogP contribution in [0.1, 0.15) is 30.1 Å². The third-order valence-electron chi connectivity index (χ3n) is 3.02. The van der Waals surface area contributed by atoms with Crippen molar-refractivity contribution in [2.75, 3.05) is 0 Å². The third kappa shape index (κ3) is 2.40. The number of carbonyl (C=O) groups excluding carboxylic acids is 1. The van der Waals surface area contributed by atoms with Gasteiger partial charge in [0, 0.05) is 16.1 Å². The molecular weight excluding hydrogens is 254 g/mol. The lowest BCUT2D eigenvalue weighted by Gasteiger charge is -2.34. The van der Waals surface area contributed by atoms with E-state index in [1.807, 2.05) is 24.3 Å². The molecule has 2 unspecified atom stereocenters. The highest BCUT2D eigenvalue weighted by molar-refractivity contribution is 9.10. The number of rotatable bonds is 2. The summed E-state index contributed by atoms with van der Waals surface area (Å²) in [6.07, 6.45) is 2.34. The molecule has 0 aromatic heterocycles. The summed E-state index contributed by atoms with van der Waals surface area (Å²) in [6, 6.07) is 7.85. The lowest BCUT2D eigenvalue weighted by atomic mass is 9.81. The molecule has 2 atom stereocenters. The fraction of sp³-hybridized carbons (Fsp3) is 0.417. The first kappa shape index (κ1) is 10.7. The van der Waals surface area contributed by atoms with E-state index in [4.69, 9.17) is 0 Å². The average molecular weight is 268 g/mol. The minimum atomic E-state index is 0.0350. The van der Waals surface area contributed by atoms with Gasteiger partial charge in [0.25, 0.3) is 5.91 Å². The number of hydrogen-bond acceptors (Lipinski definition) is 1. The van der Waals surface area contributed by atoms with Gasteiger partial charge in [-0.3, -0.25) is 4.79 Å². The summed E-state index contributed by atoms with van der Waals surface area (Å²) in [5.74, 6) is 0.661. The summed E-state index contributed by atoms with van der Waals surface area (Å²) < 4.78 is 0.941. The minimum Gasteiger partial charge on any atom is -0.349 e. The summed E-state index contributed by atoms with van der Waals surface area (Å²) in [6.45, 7) is 2.18. The molecule has 1 fully saturated rings. The van der Waals surface area contributed by atoms with Crippen molar-refractivity contribution in [3.8, 4) is 0 Å². The van der Waals surface area contributed by atoms with Gasteiger partial charge < -0.3 is 5.32 Å². The molecule has 2 nitrogen and oxygen atoms in total. The summed E-state index contributed by atoms with van der Waals surface area (Å²) >= 11 is 3.36. The zero-order chi connectivity index (χ0) is 10.8. The quantitative estimate of drug-likeness (QED) is 0.877. The normalized spacial score (nSPS) is 24.4. The predicted octanol–water partition coefficient (Wildman–Crippen LogP) is 2.98. The van der Waals surface area contributed by atoms with E-state index < -0.39 is 0 Å². The van der Waals surface area contributed by atoms with Gasteiger partial charge in [-0.2, -0.15) is 0 Å². The Balaban J connectivity index is 2.01. The maximum Gasteiger partial charge on any atom is 0.251 e. The van der Waals surface area contributed by atoms with E-state index in [0.29, 0.717) is 12.0 Å². The first-order valence-electron chi connectivity index (χ1n) is 5.23. The highest BCUT2D eigenvalue weighted by Gasteiger charge is 2.28. The monoisotopic (exact) mass is 267 g/mol. The highest BCUT2D eigenvalue weighted by atomic mass is 79.9. The highest BCUT2D eigenvalue weighted by Crippen LogP contribution is 2.26. The molecule has 0 saturated heterocycles. The van der Waals surface area contributed by atoms with Crippen molar-refractivity contribution in [3.05, 3.63) is 34.3 Å². The minimum absolute atomic E-state index is 0.0350. The second-order valence-electron chi connectivity index (χ2n) is 4.14. The molecule has 1 aromatic carbocycles. The van der Waals surface area contributed by atoms with Crippen LogP contribution < -0.4 is 5.32 Å². The standard InChI is InChI=1S/C12H14BrNO/c1-8-5-6-11(8)14-12(15)9-3-2-4-10(13)7-9/h2-4,7-8,11H,5-6H2,1H3,(H,14,15). The van der Waals surface area contributed by atoms with E-state index in [1.54, 1.807) is 0 Å². The van der Waals surface area contributed by atoms with E-state index in [0.717, 1.165) is 16.5 Å². The van der Waals surface area contributed by atoms with Crippen molar-refractivity contribution in [1.29, 1.82) is 0 Å². The Morgan fingerprint density at radius 3 is 2.80 bits per heavy atom. The summed E-state index contributed by atoms with van der Waals surface area (Å²) in [5.41, 5.74) is 0.725. The number of halogens is 1. The molecule has 0 aliphatic heterocycles. The Morgan fingerprint density at radius 1 is 1.47 bits per heavy atom. The van der Waals surface area contributed by atoms with E-state index >= 15 is 0 Å². The van der Waals surface area contributed by atoms with E-state index in [-0.39, 0.29) is 5.91 Å². The van der Waals surface area contributed by atoms with Gasteiger partial charge in [-0.1, -0.05) is 28.9 Å². The second kappa shape index (κ2) is 4.35. The molecule has 1 aliphatic rings. The number of carbonyl (C=O) groups is 1. The molecule has 1 aliphatic carbocycles. The van der Waals surface area contributed by atoms with Crippen LogP contribution in [0.25, 0.3) is 0 Å². The predicted molar refractivity (Wildman–Crippen MR) is 63.8 cm³/mol. The Hall–Kier alpha value is -0.830. The van der Waals surface area contributed by atoms with Crippen molar-refractivity contribution in [2.45, 2.75) is 25.8 Å². The van der Waals surface area contributed by atoms with Crippen molar-refractivity contribution in [1.82, 2.24) is 5.32 Å². The van der Waals surface area contributed by atoms with Crippen LogP contribution in [0.5, 0.6) is 0 Å². The Bertz CT molecular complexity index is 378. The van der Waals surface area contributed by atoms with Crippen LogP contribution in [0.15, 0.2) is 28.7 Å². The first-order valence-corrected chi connectivity index (χ1v) is 6.02. The largest absolute Gasteiger partial charge is 0.349 e.